The van der Waals surface area contributed by atoms with Crippen molar-refractivity contribution in [1.29, 1.82) is 0 Å². The first-order valence-corrected chi connectivity index (χ1v) is 11.9. The van der Waals surface area contributed by atoms with Crippen molar-refractivity contribution in [3.8, 4) is 17.0 Å². The van der Waals surface area contributed by atoms with Crippen LogP contribution in [0.3, 0.4) is 0 Å². The summed E-state index contributed by atoms with van der Waals surface area (Å²) in [5.41, 5.74) is 0.164. The van der Waals surface area contributed by atoms with Gasteiger partial charge in [0.05, 0.1) is 16.9 Å². The molecule has 0 aliphatic heterocycles. The largest absolute Gasteiger partial charge is 0.573 e. The highest BCUT2D eigenvalue weighted by atomic mass is 79.9. The van der Waals surface area contributed by atoms with Gasteiger partial charge in [0.2, 0.25) is 5.95 Å². The van der Waals surface area contributed by atoms with Crippen molar-refractivity contribution >= 4 is 33.4 Å². The minimum Gasteiger partial charge on any atom is -0.406 e. The van der Waals surface area contributed by atoms with E-state index in [1.54, 1.807) is 6.07 Å². The molecule has 0 saturated heterocycles. The molecule has 0 atom stereocenters. The molecule has 0 spiro atoms. The maximum Gasteiger partial charge on any atom is 0.573 e. The van der Waals surface area contributed by atoms with Crippen molar-refractivity contribution in [2.75, 3.05) is 10.6 Å². The Kier molecular flexibility index (Phi) is 7.62. The molecule has 1 aliphatic rings. The summed E-state index contributed by atoms with van der Waals surface area (Å²) in [6.07, 6.45) is -4.25. The molecule has 3 aromatic rings. The maximum atomic E-state index is 13.0. The first-order chi connectivity index (χ1) is 17.0. The smallest absolute Gasteiger partial charge is 0.406 e. The lowest BCUT2D eigenvalue weighted by atomic mass is 9.96. The quantitative estimate of drug-likeness (QED) is 0.290. The fourth-order valence-corrected chi connectivity index (χ4v) is 4.41. The highest BCUT2D eigenvalue weighted by Crippen LogP contribution is 2.36. The molecular formula is C24H21BrF6N4O. The summed E-state index contributed by atoms with van der Waals surface area (Å²) in [4.78, 5) is 8.94. The van der Waals surface area contributed by atoms with E-state index < -0.39 is 23.9 Å². The van der Waals surface area contributed by atoms with Gasteiger partial charge in [0.1, 0.15) is 11.6 Å². The van der Waals surface area contributed by atoms with E-state index in [1.165, 1.54) is 30.3 Å². The Labute approximate surface area is 211 Å². The van der Waals surface area contributed by atoms with Crippen molar-refractivity contribution in [3.05, 3.63) is 58.6 Å². The number of alkyl halides is 6. The number of nitrogens with one attached hydrogen (secondary N) is 2. The maximum absolute atomic E-state index is 13.0. The molecule has 1 heterocycles. The van der Waals surface area contributed by atoms with Crippen LogP contribution in [0.25, 0.3) is 11.3 Å². The molecule has 1 aromatic heterocycles. The average molecular weight is 575 g/mol. The van der Waals surface area contributed by atoms with E-state index >= 15 is 0 Å². The molecule has 1 aliphatic carbocycles. The van der Waals surface area contributed by atoms with Crippen molar-refractivity contribution in [2.24, 2.45) is 0 Å². The van der Waals surface area contributed by atoms with Gasteiger partial charge in [-0.2, -0.15) is 18.2 Å². The Balaban J connectivity index is 1.68. The monoisotopic (exact) mass is 574 g/mol. The molecule has 0 unspecified atom stereocenters. The number of benzene rings is 2. The molecule has 5 nitrogen and oxygen atoms in total. The lowest BCUT2D eigenvalue weighted by molar-refractivity contribution is -0.274. The summed E-state index contributed by atoms with van der Waals surface area (Å²) < 4.78 is 81.4. The molecule has 0 radical (unpaired) electrons. The molecule has 0 amide bonds. The lowest BCUT2D eigenvalue weighted by Crippen LogP contribution is -2.23. The summed E-state index contributed by atoms with van der Waals surface area (Å²) in [5, 5.41) is 6.25. The summed E-state index contributed by atoms with van der Waals surface area (Å²) in [5.74, 6) is 0.105. The van der Waals surface area contributed by atoms with Crippen LogP contribution in [0.15, 0.2) is 53.0 Å². The van der Waals surface area contributed by atoms with Crippen LogP contribution in [0, 0.1) is 0 Å². The second kappa shape index (κ2) is 10.5. The van der Waals surface area contributed by atoms with Crippen molar-refractivity contribution in [1.82, 2.24) is 9.97 Å². The number of hydrogen-bond acceptors (Lipinski definition) is 5. The van der Waals surface area contributed by atoms with Gasteiger partial charge in [-0.05, 0) is 59.1 Å². The fourth-order valence-electron chi connectivity index (χ4n) is 3.94. The van der Waals surface area contributed by atoms with E-state index in [1.807, 2.05) is 0 Å². The average Bonchev–Trinajstić information content (AvgIpc) is 2.79. The number of halogens is 7. The van der Waals surface area contributed by atoms with Gasteiger partial charge in [-0.1, -0.05) is 31.4 Å². The molecule has 12 heteroatoms. The first-order valence-electron chi connectivity index (χ1n) is 11.1. The minimum absolute atomic E-state index is 0.138. The highest BCUT2D eigenvalue weighted by molar-refractivity contribution is 9.10. The number of anilines is 3. The van der Waals surface area contributed by atoms with Crippen LogP contribution in [0.4, 0.5) is 43.8 Å². The number of nitrogens with zero attached hydrogens (tertiary/aromatic N) is 2. The van der Waals surface area contributed by atoms with E-state index in [4.69, 9.17) is 0 Å². The predicted molar refractivity (Wildman–Crippen MR) is 127 cm³/mol. The van der Waals surface area contributed by atoms with E-state index in [2.05, 4.69) is 41.3 Å². The summed E-state index contributed by atoms with van der Waals surface area (Å²) >= 11 is 3.15. The van der Waals surface area contributed by atoms with Crippen LogP contribution in [0.2, 0.25) is 0 Å². The van der Waals surface area contributed by atoms with Crippen LogP contribution in [-0.2, 0) is 6.18 Å². The van der Waals surface area contributed by atoms with Crippen LogP contribution in [0.1, 0.15) is 37.7 Å². The first kappa shape index (κ1) is 26.1. The van der Waals surface area contributed by atoms with Crippen LogP contribution < -0.4 is 15.4 Å². The van der Waals surface area contributed by atoms with Gasteiger partial charge in [0.25, 0.3) is 0 Å². The van der Waals surface area contributed by atoms with Gasteiger partial charge in [0, 0.05) is 22.1 Å². The molecule has 1 saturated carbocycles. The van der Waals surface area contributed by atoms with Crippen molar-refractivity contribution < 1.29 is 31.1 Å². The molecule has 4 rings (SSSR count). The predicted octanol–water partition coefficient (Wildman–Crippen LogP) is 8.31. The summed E-state index contributed by atoms with van der Waals surface area (Å²) in [6.45, 7) is 0. The van der Waals surface area contributed by atoms with Crippen molar-refractivity contribution in [3.63, 3.8) is 0 Å². The van der Waals surface area contributed by atoms with Gasteiger partial charge >= 0.3 is 12.5 Å². The van der Waals surface area contributed by atoms with E-state index in [0.717, 1.165) is 44.2 Å². The fraction of sp³-hybridized carbons (Fsp3) is 0.333. The lowest BCUT2D eigenvalue weighted by Gasteiger charge is -2.23. The molecular weight excluding hydrogens is 554 g/mol. The van der Waals surface area contributed by atoms with E-state index in [9.17, 15) is 26.3 Å². The zero-order valence-electron chi connectivity index (χ0n) is 18.7. The van der Waals surface area contributed by atoms with E-state index in [-0.39, 0.29) is 22.3 Å². The molecule has 192 valence electrons. The molecule has 2 aromatic carbocycles. The van der Waals surface area contributed by atoms with Crippen LogP contribution in [0.5, 0.6) is 5.75 Å². The zero-order valence-corrected chi connectivity index (χ0v) is 20.3. The number of rotatable bonds is 6. The molecule has 1 fully saturated rings. The van der Waals surface area contributed by atoms with E-state index in [0.29, 0.717) is 16.9 Å². The third kappa shape index (κ3) is 7.02. The Bertz CT molecular complexity index is 1210. The van der Waals surface area contributed by atoms with Gasteiger partial charge in [-0.15, -0.1) is 13.2 Å². The van der Waals surface area contributed by atoms with Gasteiger partial charge < -0.3 is 15.4 Å². The highest BCUT2D eigenvalue weighted by Gasteiger charge is 2.32. The van der Waals surface area contributed by atoms with Gasteiger partial charge in [-0.3, -0.25) is 0 Å². The van der Waals surface area contributed by atoms with Crippen molar-refractivity contribution in [2.45, 2.75) is 50.7 Å². The van der Waals surface area contributed by atoms with Crippen LogP contribution in [-0.4, -0.2) is 22.4 Å². The third-order valence-electron chi connectivity index (χ3n) is 5.59. The normalized spacial score (nSPS) is 15.0. The van der Waals surface area contributed by atoms with Crippen LogP contribution >= 0.6 is 15.9 Å². The Morgan fingerprint density at radius 1 is 0.889 bits per heavy atom. The van der Waals surface area contributed by atoms with Gasteiger partial charge in [-0.25, -0.2) is 4.98 Å². The third-order valence-corrected chi connectivity index (χ3v) is 6.24. The Hall–Kier alpha value is -3.02. The second-order valence-electron chi connectivity index (χ2n) is 8.33. The Morgan fingerprint density at radius 3 is 2.31 bits per heavy atom. The molecule has 36 heavy (non-hydrogen) atoms. The Morgan fingerprint density at radius 2 is 1.64 bits per heavy atom. The van der Waals surface area contributed by atoms with Gasteiger partial charge in [0.15, 0.2) is 0 Å². The standard InChI is InChI=1S/C24H21BrF6N4O/c25-18-12-15(23(26,27)28)9-10-19(18)33-21-13-20(14-5-4-8-17(11-14)36-24(29,30)31)34-22(35-21)32-16-6-2-1-3-7-16/h4-5,8-13,16H,1-3,6-7H2,(H2,32,33,34,35). The SMILES string of the molecule is FC(F)(F)Oc1cccc(-c2cc(Nc3ccc(C(F)(F)F)cc3Br)nc(NC3CCCCC3)n2)c1. The molecule has 2 N–H and O–H groups in total. The summed E-state index contributed by atoms with van der Waals surface area (Å²) in [6, 6.07) is 10.2. The second-order valence-corrected chi connectivity index (χ2v) is 9.19. The zero-order chi connectivity index (χ0) is 25.9. The number of hydrogen-bond donors (Lipinski definition) is 2. The molecule has 0 bridgehead atoms. The topological polar surface area (TPSA) is 59.1 Å². The minimum atomic E-state index is -4.85. The number of ether oxygens (including phenoxy) is 1. The summed E-state index contributed by atoms with van der Waals surface area (Å²) in [7, 11) is 0. The number of aromatic nitrogens is 2.